The third-order valence-electron chi connectivity index (χ3n) is 3.07. The summed E-state index contributed by atoms with van der Waals surface area (Å²) in [7, 11) is 1.81. The van der Waals surface area contributed by atoms with Gasteiger partial charge in [0.25, 0.3) is 0 Å². The van der Waals surface area contributed by atoms with Crippen LogP contribution in [0.5, 0.6) is 0 Å². The predicted octanol–water partition coefficient (Wildman–Crippen LogP) is 2.34. The van der Waals surface area contributed by atoms with Crippen LogP contribution in [0, 0.1) is 6.92 Å². The molecule has 19 heavy (non-hydrogen) atoms. The molecule has 0 fully saturated rings. The van der Waals surface area contributed by atoms with Crippen LogP contribution in [-0.2, 0) is 11.2 Å². The highest BCUT2D eigenvalue weighted by atomic mass is 32.1. The first kappa shape index (κ1) is 13.8. The summed E-state index contributed by atoms with van der Waals surface area (Å²) in [5.41, 5.74) is 3.50. The summed E-state index contributed by atoms with van der Waals surface area (Å²) in [6.45, 7) is 2.63. The molecule has 1 unspecified atom stereocenters. The molecule has 0 saturated heterocycles. The number of aliphatic carboxylic acids is 1. The molecule has 0 amide bonds. The van der Waals surface area contributed by atoms with Gasteiger partial charge in [-0.15, -0.1) is 11.3 Å². The van der Waals surface area contributed by atoms with Gasteiger partial charge in [0.15, 0.2) is 0 Å². The molecule has 2 aromatic heterocycles. The van der Waals surface area contributed by atoms with Crippen LogP contribution in [-0.4, -0.2) is 34.6 Å². The van der Waals surface area contributed by atoms with Gasteiger partial charge in [0.2, 0.25) is 0 Å². The number of aryl methyl sites for hydroxylation is 1. The molecule has 6 heteroatoms. The number of hydrogen-bond donors (Lipinski definition) is 1. The first-order valence-electron chi connectivity index (χ1n) is 5.93. The molecule has 2 aromatic rings. The number of aromatic nitrogens is 1. The molecule has 5 nitrogen and oxygen atoms in total. The van der Waals surface area contributed by atoms with Gasteiger partial charge in [-0.3, -0.25) is 9.69 Å². The Morgan fingerprint density at radius 2 is 2.42 bits per heavy atom. The van der Waals surface area contributed by atoms with Gasteiger partial charge in [0, 0.05) is 17.0 Å². The molecular formula is C13H16N2O3S. The maximum atomic E-state index is 11.4. The second-order valence-electron chi connectivity index (χ2n) is 4.39. The van der Waals surface area contributed by atoms with Crippen molar-refractivity contribution in [1.82, 2.24) is 9.88 Å². The fourth-order valence-corrected chi connectivity index (χ4v) is 2.76. The first-order chi connectivity index (χ1) is 9.09. The Hall–Kier alpha value is -1.66. The molecule has 102 valence electrons. The standard InChI is InChI=1S/C13H16N2O3S/c1-9-11(19-8-14-9)3-5-15(2)12(13(16)17)10-4-6-18-7-10/h4,6-8,12H,3,5H2,1-2H3,(H,16,17). The number of hydrogen-bond acceptors (Lipinski definition) is 5. The molecular weight excluding hydrogens is 264 g/mol. The van der Waals surface area contributed by atoms with Crippen LogP contribution >= 0.6 is 11.3 Å². The van der Waals surface area contributed by atoms with E-state index in [0.717, 1.165) is 12.1 Å². The monoisotopic (exact) mass is 280 g/mol. The highest BCUT2D eigenvalue weighted by molar-refractivity contribution is 7.09. The Kier molecular flexibility index (Phi) is 4.34. The van der Waals surface area contributed by atoms with E-state index < -0.39 is 12.0 Å². The van der Waals surface area contributed by atoms with Gasteiger partial charge in [-0.25, -0.2) is 4.98 Å². The summed E-state index contributed by atoms with van der Waals surface area (Å²) in [4.78, 5) is 18.6. The van der Waals surface area contributed by atoms with E-state index in [2.05, 4.69) is 4.98 Å². The van der Waals surface area contributed by atoms with Gasteiger partial charge in [0.1, 0.15) is 6.04 Å². The fraction of sp³-hybridized carbons (Fsp3) is 0.385. The Balaban J connectivity index is 2.03. The number of carboxylic acids is 1. The Morgan fingerprint density at radius 1 is 1.63 bits per heavy atom. The topological polar surface area (TPSA) is 66.6 Å². The average Bonchev–Trinajstić information content (AvgIpc) is 2.98. The zero-order valence-electron chi connectivity index (χ0n) is 10.9. The van der Waals surface area contributed by atoms with E-state index in [-0.39, 0.29) is 0 Å². The second kappa shape index (κ2) is 5.99. The minimum atomic E-state index is -0.870. The number of furan rings is 1. The van der Waals surface area contributed by atoms with E-state index in [4.69, 9.17) is 4.42 Å². The number of carbonyl (C=O) groups is 1. The van der Waals surface area contributed by atoms with Crippen molar-refractivity contribution in [3.8, 4) is 0 Å². The van der Waals surface area contributed by atoms with E-state index in [1.54, 1.807) is 17.4 Å². The molecule has 1 atom stereocenters. The summed E-state index contributed by atoms with van der Waals surface area (Å²) < 4.78 is 4.97. The molecule has 1 N–H and O–H groups in total. The number of carboxylic acid groups (broad SMARTS) is 1. The van der Waals surface area contributed by atoms with Crippen LogP contribution in [0.4, 0.5) is 0 Å². The summed E-state index contributed by atoms with van der Waals surface area (Å²) >= 11 is 1.61. The maximum absolute atomic E-state index is 11.4. The van der Waals surface area contributed by atoms with Crippen LogP contribution in [0.25, 0.3) is 0 Å². The van der Waals surface area contributed by atoms with Gasteiger partial charge in [-0.2, -0.15) is 0 Å². The van der Waals surface area contributed by atoms with E-state index >= 15 is 0 Å². The molecule has 0 bridgehead atoms. The zero-order chi connectivity index (χ0) is 13.8. The smallest absolute Gasteiger partial charge is 0.325 e. The molecule has 0 aliphatic rings. The number of rotatable bonds is 6. The molecule has 0 aliphatic heterocycles. The van der Waals surface area contributed by atoms with Crippen LogP contribution in [0.2, 0.25) is 0 Å². The normalized spacial score (nSPS) is 12.8. The van der Waals surface area contributed by atoms with Crippen molar-refractivity contribution in [2.75, 3.05) is 13.6 Å². The first-order valence-corrected chi connectivity index (χ1v) is 6.81. The maximum Gasteiger partial charge on any atom is 0.325 e. The molecule has 0 radical (unpaired) electrons. The van der Waals surface area contributed by atoms with Crippen LogP contribution < -0.4 is 0 Å². The lowest BCUT2D eigenvalue weighted by Gasteiger charge is -2.23. The minimum Gasteiger partial charge on any atom is -0.480 e. The van der Waals surface area contributed by atoms with Crippen molar-refractivity contribution in [3.63, 3.8) is 0 Å². The Morgan fingerprint density at radius 3 is 2.95 bits per heavy atom. The molecule has 0 saturated carbocycles. The van der Waals surface area contributed by atoms with Crippen LogP contribution in [0.15, 0.2) is 28.5 Å². The van der Waals surface area contributed by atoms with Gasteiger partial charge in [-0.1, -0.05) is 0 Å². The zero-order valence-corrected chi connectivity index (χ0v) is 11.7. The predicted molar refractivity (Wildman–Crippen MR) is 72.3 cm³/mol. The molecule has 2 rings (SSSR count). The highest BCUT2D eigenvalue weighted by Crippen LogP contribution is 2.21. The lowest BCUT2D eigenvalue weighted by Crippen LogP contribution is -2.32. The summed E-state index contributed by atoms with van der Waals surface area (Å²) in [5.74, 6) is -0.870. The van der Waals surface area contributed by atoms with E-state index in [1.807, 2.05) is 24.4 Å². The molecule has 2 heterocycles. The van der Waals surface area contributed by atoms with E-state index in [1.165, 1.54) is 17.4 Å². The minimum absolute atomic E-state index is 0.658. The van der Waals surface area contributed by atoms with Crippen LogP contribution in [0.3, 0.4) is 0 Å². The summed E-state index contributed by atoms with van der Waals surface area (Å²) in [6.07, 6.45) is 3.77. The van der Waals surface area contributed by atoms with Crippen molar-refractivity contribution in [2.24, 2.45) is 0 Å². The Bertz CT molecular complexity index is 536. The highest BCUT2D eigenvalue weighted by Gasteiger charge is 2.25. The molecule has 0 aromatic carbocycles. The third kappa shape index (κ3) is 3.21. The van der Waals surface area contributed by atoms with Crippen molar-refractivity contribution in [2.45, 2.75) is 19.4 Å². The van der Waals surface area contributed by atoms with Crippen molar-refractivity contribution >= 4 is 17.3 Å². The van der Waals surface area contributed by atoms with Gasteiger partial charge in [-0.05, 0) is 26.5 Å². The largest absolute Gasteiger partial charge is 0.480 e. The number of nitrogens with zero attached hydrogens (tertiary/aromatic N) is 2. The molecule has 0 aliphatic carbocycles. The number of likely N-dealkylation sites (N-methyl/N-ethyl adjacent to an activating group) is 1. The number of thiazole rings is 1. The van der Waals surface area contributed by atoms with Crippen molar-refractivity contribution in [3.05, 3.63) is 40.2 Å². The van der Waals surface area contributed by atoms with Gasteiger partial charge < -0.3 is 9.52 Å². The second-order valence-corrected chi connectivity index (χ2v) is 5.33. The summed E-state index contributed by atoms with van der Waals surface area (Å²) in [6, 6.07) is 1.01. The van der Waals surface area contributed by atoms with Crippen LogP contribution in [0.1, 0.15) is 22.2 Å². The Labute approximate surface area is 115 Å². The fourth-order valence-electron chi connectivity index (χ4n) is 1.99. The van der Waals surface area contributed by atoms with Crippen molar-refractivity contribution < 1.29 is 14.3 Å². The van der Waals surface area contributed by atoms with E-state index in [9.17, 15) is 9.90 Å². The lowest BCUT2D eigenvalue weighted by molar-refractivity contribution is -0.143. The van der Waals surface area contributed by atoms with Gasteiger partial charge >= 0.3 is 5.97 Å². The van der Waals surface area contributed by atoms with Crippen molar-refractivity contribution in [1.29, 1.82) is 0 Å². The quantitative estimate of drug-likeness (QED) is 0.879. The van der Waals surface area contributed by atoms with Gasteiger partial charge in [0.05, 0.1) is 23.7 Å². The summed E-state index contributed by atoms with van der Waals surface area (Å²) in [5, 5.41) is 9.33. The molecule has 0 spiro atoms. The lowest BCUT2D eigenvalue weighted by atomic mass is 10.1. The SMILES string of the molecule is Cc1ncsc1CCN(C)C(C(=O)O)c1ccoc1. The third-order valence-corrected chi connectivity index (χ3v) is 4.06. The van der Waals surface area contributed by atoms with E-state index in [0.29, 0.717) is 12.1 Å². The average molecular weight is 280 g/mol.